The Balaban J connectivity index is 1.56. The number of nitrogens with one attached hydrogen (secondary N) is 2. The minimum atomic E-state index is -0.280. The van der Waals surface area contributed by atoms with Crippen molar-refractivity contribution < 1.29 is 14.7 Å². The molecule has 0 atom stereocenters. The Morgan fingerprint density at radius 2 is 1.75 bits per heavy atom. The van der Waals surface area contributed by atoms with Crippen LogP contribution in [0, 0.1) is 12.8 Å². The van der Waals surface area contributed by atoms with Crippen LogP contribution >= 0.6 is 0 Å². The molecule has 0 unspecified atom stereocenters. The van der Waals surface area contributed by atoms with Gasteiger partial charge in [0, 0.05) is 35.7 Å². The number of hydrogen-bond donors (Lipinski definition) is 3. The number of phenols is 1. The van der Waals surface area contributed by atoms with Gasteiger partial charge in [-0.1, -0.05) is 56.5 Å². The number of carbonyl (C=O) groups excluding carboxylic acids is 2. The van der Waals surface area contributed by atoms with E-state index in [9.17, 15) is 14.7 Å². The van der Waals surface area contributed by atoms with Gasteiger partial charge in [0.05, 0.1) is 11.4 Å². The van der Waals surface area contributed by atoms with Gasteiger partial charge < -0.3 is 15.7 Å². The topological polar surface area (TPSA) is 96.3 Å². The van der Waals surface area contributed by atoms with E-state index < -0.39 is 0 Å². The van der Waals surface area contributed by atoms with Crippen LogP contribution < -0.4 is 10.6 Å². The van der Waals surface area contributed by atoms with Crippen LogP contribution in [0.5, 0.6) is 5.75 Å². The van der Waals surface area contributed by atoms with Crippen molar-refractivity contribution in [3.05, 3.63) is 65.4 Å². The van der Waals surface area contributed by atoms with Gasteiger partial charge in [0.1, 0.15) is 5.75 Å². The predicted molar refractivity (Wildman–Crippen MR) is 142 cm³/mol. The van der Waals surface area contributed by atoms with Gasteiger partial charge in [0.15, 0.2) is 0 Å². The summed E-state index contributed by atoms with van der Waals surface area (Å²) >= 11 is 0. The van der Waals surface area contributed by atoms with Crippen LogP contribution in [0.3, 0.4) is 0 Å². The first-order valence-electron chi connectivity index (χ1n) is 13.0. The molecule has 2 amide bonds. The van der Waals surface area contributed by atoms with E-state index in [-0.39, 0.29) is 29.5 Å². The average Bonchev–Trinajstić information content (AvgIpc) is 3.55. The largest absolute Gasteiger partial charge is 0.507 e. The number of amides is 2. The summed E-state index contributed by atoms with van der Waals surface area (Å²) in [6.45, 7) is 6.42. The maximum Gasteiger partial charge on any atom is 0.342 e. The summed E-state index contributed by atoms with van der Waals surface area (Å²) in [5.41, 5.74) is 4.67. The number of benzene rings is 2. The van der Waals surface area contributed by atoms with Crippen LogP contribution in [-0.4, -0.2) is 26.8 Å². The Morgan fingerprint density at radius 3 is 2.39 bits per heavy atom. The van der Waals surface area contributed by atoms with Crippen molar-refractivity contribution in [2.45, 2.75) is 71.8 Å². The van der Waals surface area contributed by atoms with E-state index in [1.54, 1.807) is 18.2 Å². The van der Waals surface area contributed by atoms with Crippen molar-refractivity contribution in [3.63, 3.8) is 0 Å². The number of nitrogens with zero attached hydrogens (tertiary/aromatic N) is 2. The second kappa shape index (κ2) is 11.4. The molecule has 36 heavy (non-hydrogen) atoms. The first kappa shape index (κ1) is 25.5. The van der Waals surface area contributed by atoms with E-state index in [0.717, 1.165) is 49.8 Å². The fraction of sp³-hybridized carbons (Fsp3) is 0.414. The number of carbonyl (C=O) groups is 2. The zero-order chi connectivity index (χ0) is 25.7. The lowest BCUT2D eigenvalue weighted by Gasteiger charge is -2.13. The van der Waals surface area contributed by atoms with Gasteiger partial charge in [-0.2, -0.15) is 9.78 Å². The number of anilines is 1. The molecule has 3 N–H and O–H groups in total. The van der Waals surface area contributed by atoms with E-state index in [0.29, 0.717) is 23.5 Å². The number of aromatic nitrogens is 2. The number of aryl methyl sites for hydroxylation is 1. The van der Waals surface area contributed by atoms with Crippen molar-refractivity contribution in [1.82, 2.24) is 15.1 Å². The smallest absolute Gasteiger partial charge is 0.342 e. The van der Waals surface area contributed by atoms with Crippen LogP contribution in [0.4, 0.5) is 10.5 Å². The summed E-state index contributed by atoms with van der Waals surface area (Å²) < 4.78 is 1.46. The lowest BCUT2D eigenvalue weighted by atomic mass is 10.0. The summed E-state index contributed by atoms with van der Waals surface area (Å²) in [5.74, 6) is 0.164. The quantitative estimate of drug-likeness (QED) is 0.344. The molecule has 1 aromatic heterocycles. The first-order valence-corrected chi connectivity index (χ1v) is 13.0. The van der Waals surface area contributed by atoms with E-state index >= 15 is 0 Å². The third kappa shape index (κ3) is 5.78. The van der Waals surface area contributed by atoms with Crippen molar-refractivity contribution >= 4 is 17.6 Å². The highest BCUT2D eigenvalue weighted by molar-refractivity contribution is 5.93. The number of phenolic OH excluding ortho intramolecular Hbond substituents is 1. The van der Waals surface area contributed by atoms with Crippen molar-refractivity contribution in [1.29, 1.82) is 0 Å². The van der Waals surface area contributed by atoms with Gasteiger partial charge in [-0.25, -0.2) is 4.79 Å². The average molecular weight is 489 g/mol. The molecule has 7 heteroatoms. The molecule has 7 nitrogen and oxygen atoms in total. The highest BCUT2D eigenvalue weighted by Crippen LogP contribution is 2.38. The monoisotopic (exact) mass is 488 g/mol. The fourth-order valence-corrected chi connectivity index (χ4v) is 4.89. The van der Waals surface area contributed by atoms with Crippen molar-refractivity contribution in [3.8, 4) is 17.0 Å². The lowest BCUT2D eigenvalue weighted by Crippen LogP contribution is -2.30. The molecular weight excluding hydrogens is 452 g/mol. The molecular formula is C29H36N4O3. The third-order valence-corrected chi connectivity index (χ3v) is 7.16. The van der Waals surface area contributed by atoms with Gasteiger partial charge in [0.25, 0.3) is 0 Å². The molecule has 0 bridgehead atoms. The summed E-state index contributed by atoms with van der Waals surface area (Å²) in [4.78, 5) is 25.6. The molecule has 4 rings (SSSR count). The molecule has 0 aliphatic heterocycles. The van der Waals surface area contributed by atoms with Crippen molar-refractivity contribution in [2.24, 2.45) is 5.92 Å². The van der Waals surface area contributed by atoms with Gasteiger partial charge in [-0.05, 0) is 56.4 Å². The lowest BCUT2D eigenvalue weighted by molar-refractivity contribution is -0.120. The molecule has 1 heterocycles. The summed E-state index contributed by atoms with van der Waals surface area (Å²) in [5, 5.41) is 21.3. The second-order valence-corrected chi connectivity index (χ2v) is 9.73. The van der Waals surface area contributed by atoms with E-state index in [1.807, 2.05) is 51.1 Å². The minimum absolute atomic E-state index is 0.0139. The minimum Gasteiger partial charge on any atom is -0.507 e. The van der Waals surface area contributed by atoms with E-state index in [2.05, 4.69) is 15.7 Å². The third-order valence-electron chi connectivity index (χ3n) is 7.16. The highest BCUT2D eigenvalue weighted by Gasteiger charge is 2.26. The standard InChI is InChI=1S/C29H36N4O3/c1-4-21(5-2)28(35)31-23-14-15-24(27(34)16-23)25-17-26(22-8-6-7-9-22)33(32-25)29(36)30-18-20-12-10-19(3)11-13-20/h10-17,21-22,34H,4-9,18H2,1-3H3,(H,30,36)(H,31,35). The molecule has 0 saturated heterocycles. The maximum atomic E-state index is 13.2. The Labute approximate surface area is 212 Å². The summed E-state index contributed by atoms with van der Waals surface area (Å²) in [7, 11) is 0. The molecule has 0 radical (unpaired) electrons. The molecule has 190 valence electrons. The van der Waals surface area contributed by atoms with Crippen molar-refractivity contribution in [2.75, 3.05) is 5.32 Å². The molecule has 1 aliphatic rings. The number of rotatable bonds is 8. The Morgan fingerprint density at radius 1 is 1.06 bits per heavy atom. The molecule has 0 spiro atoms. The van der Waals surface area contributed by atoms with Crippen LogP contribution in [0.2, 0.25) is 0 Å². The van der Waals surface area contributed by atoms with E-state index in [4.69, 9.17) is 0 Å². The second-order valence-electron chi connectivity index (χ2n) is 9.73. The van der Waals surface area contributed by atoms with Crippen LogP contribution in [-0.2, 0) is 11.3 Å². The zero-order valence-corrected chi connectivity index (χ0v) is 21.4. The molecule has 1 saturated carbocycles. The molecule has 3 aromatic rings. The predicted octanol–water partition coefficient (Wildman–Crippen LogP) is 6.35. The van der Waals surface area contributed by atoms with Gasteiger partial charge >= 0.3 is 6.03 Å². The number of aromatic hydroxyl groups is 1. The Kier molecular flexibility index (Phi) is 8.08. The van der Waals surface area contributed by atoms with E-state index in [1.165, 1.54) is 10.2 Å². The summed E-state index contributed by atoms with van der Waals surface area (Å²) in [6, 6.07) is 14.7. The van der Waals surface area contributed by atoms with Crippen LogP contribution in [0.15, 0.2) is 48.5 Å². The fourth-order valence-electron chi connectivity index (χ4n) is 4.89. The first-order chi connectivity index (χ1) is 17.4. The number of hydrogen-bond acceptors (Lipinski definition) is 4. The summed E-state index contributed by atoms with van der Waals surface area (Å²) in [6.07, 6.45) is 5.82. The van der Waals surface area contributed by atoms with Crippen LogP contribution in [0.1, 0.15) is 75.1 Å². The SMILES string of the molecule is CCC(CC)C(=O)Nc1ccc(-c2cc(C3CCCC3)n(C(=O)NCc3ccc(C)cc3)n2)c(O)c1. The van der Waals surface area contributed by atoms with Gasteiger partial charge in [0.2, 0.25) is 5.91 Å². The maximum absolute atomic E-state index is 13.2. The molecule has 2 aromatic carbocycles. The Hall–Kier alpha value is -3.61. The zero-order valence-electron chi connectivity index (χ0n) is 21.4. The molecule has 1 fully saturated rings. The van der Waals surface area contributed by atoms with Crippen LogP contribution in [0.25, 0.3) is 11.3 Å². The van der Waals surface area contributed by atoms with Gasteiger partial charge in [-0.3, -0.25) is 4.79 Å². The normalized spacial score (nSPS) is 13.8. The molecule has 1 aliphatic carbocycles. The highest BCUT2D eigenvalue weighted by atomic mass is 16.3. The Bertz CT molecular complexity index is 1210. The van der Waals surface area contributed by atoms with Gasteiger partial charge in [-0.15, -0.1) is 0 Å².